The molecule has 1 amide bonds. The molecule has 0 spiro atoms. The molecule has 92 valence electrons. The number of amides is 1. The summed E-state index contributed by atoms with van der Waals surface area (Å²) in [4.78, 5) is 13.9. The fourth-order valence-electron chi connectivity index (χ4n) is 2.17. The number of hydrogen-bond donors (Lipinski definition) is 1. The zero-order chi connectivity index (χ0) is 11.5. The van der Waals surface area contributed by atoms with Crippen LogP contribution in [-0.4, -0.2) is 55.4 Å². The molecule has 5 heteroatoms. The van der Waals surface area contributed by atoms with Gasteiger partial charge in [-0.3, -0.25) is 4.79 Å². The number of rotatable bonds is 2. The van der Waals surface area contributed by atoms with E-state index in [1.807, 2.05) is 11.8 Å². The topological polar surface area (TPSA) is 64.8 Å². The van der Waals surface area contributed by atoms with E-state index in [-0.39, 0.29) is 24.2 Å². The first-order chi connectivity index (χ1) is 7.68. The van der Waals surface area contributed by atoms with Crippen LogP contribution in [0.4, 0.5) is 0 Å². The minimum Gasteiger partial charge on any atom is -0.373 e. The first-order valence-corrected chi connectivity index (χ1v) is 5.96. The first kappa shape index (κ1) is 11.8. The van der Waals surface area contributed by atoms with E-state index in [1.54, 1.807) is 0 Å². The summed E-state index contributed by atoms with van der Waals surface area (Å²) >= 11 is 0. The number of ether oxygens (including phenoxy) is 2. The summed E-state index contributed by atoms with van der Waals surface area (Å²) < 4.78 is 10.9. The average Bonchev–Trinajstić information content (AvgIpc) is 2.81. The molecule has 2 saturated heterocycles. The third kappa shape index (κ3) is 2.53. The van der Waals surface area contributed by atoms with E-state index in [9.17, 15) is 4.79 Å². The van der Waals surface area contributed by atoms with Gasteiger partial charge in [0, 0.05) is 25.7 Å². The van der Waals surface area contributed by atoms with E-state index in [2.05, 4.69) is 0 Å². The Morgan fingerprint density at radius 3 is 2.88 bits per heavy atom. The Morgan fingerprint density at radius 2 is 2.25 bits per heavy atom. The zero-order valence-corrected chi connectivity index (χ0v) is 9.72. The number of hydrogen-bond acceptors (Lipinski definition) is 4. The maximum atomic E-state index is 12.1. The number of nitrogens with zero attached hydrogens (tertiary/aromatic N) is 1. The summed E-state index contributed by atoms with van der Waals surface area (Å²) in [5, 5.41) is 0. The van der Waals surface area contributed by atoms with Gasteiger partial charge in [-0.2, -0.15) is 0 Å². The maximum absolute atomic E-state index is 12.1. The molecule has 2 unspecified atom stereocenters. The molecule has 0 aliphatic carbocycles. The second-order valence-corrected chi connectivity index (χ2v) is 4.55. The Morgan fingerprint density at radius 1 is 1.44 bits per heavy atom. The van der Waals surface area contributed by atoms with Crippen molar-refractivity contribution in [3.8, 4) is 0 Å². The Bertz CT molecular complexity index is 252. The number of nitrogens with two attached hydrogens (primary N) is 1. The largest absolute Gasteiger partial charge is 0.373 e. The molecule has 2 aliphatic rings. The Balaban J connectivity index is 1.90. The molecule has 3 atom stereocenters. The van der Waals surface area contributed by atoms with Crippen LogP contribution in [0.15, 0.2) is 0 Å². The van der Waals surface area contributed by atoms with Gasteiger partial charge in [0.15, 0.2) is 0 Å². The molecule has 2 N–H and O–H groups in total. The van der Waals surface area contributed by atoms with Gasteiger partial charge in [0.2, 0.25) is 0 Å². The van der Waals surface area contributed by atoms with Crippen LogP contribution in [0.1, 0.15) is 19.8 Å². The lowest BCUT2D eigenvalue weighted by molar-refractivity contribution is -0.148. The highest BCUT2D eigenvalue weighted by Crippen LogP contribution is 2.17. The fraction of sp³-hybridized carbons (Fsp3) is 0.909. The van der Waals surface area contributed by atoms with Crippen LogP contribution in [-0.2, 0) is 14.3 Å². The number of morpholine rings is 1. The molecule has 2 heterocycles. The summed E-state index contributed by atoms with van der Waals surface area (Å²) in [6.45, 7) is 4.44. The molecule has 16 heavy (non-hydrogen) atoms. The number of carbonyl (C=O) groups is 1. The highest BCUT2D eigenvalue weighted by Gasteiger charge is 2.32. The molecule has 0 radical (unpaired) electrons. The van der Waals surface area contributed by atoms with Gasteiger partial charge in [-0.15, -0.1) is 0 Å². The molecule has 2 aliphatic heterocycles. The Kier molecular flexibility index (Phi) is 3.78. The molecular formula is C11H20N2O3. The van der Waals surface area contributed by atoms with Gasteiger partial charge in [0.05, 0.1) is 12.7 Å². The minimum atomic E-state index is -0.230. The predicted octanol–water partition coefficient (Wildman–Crippen LogP) is -0.260. The number of carbonyl (C=O) groups excluding carboxylic acids is 1. The van der Waals surface area contributed by atoms with Crippen LogP contribution in [0.2, 0.25) is 0 Å². The molecule has 2 fully saturated rings. The lowest BCUT2D eigenvalue weighted by Crippen LogP contribution is -2.53. The quantitative estimate of drug-likeness (QED) is 0.707. The molecular weight excluding hydrogens is 208 g/mol. The summed E-state index contributed by atoms with van der Waals surface area (Å²) in [5.41, 5.74) is 5.79. The van der Waals surface area contributed by atoms with E-state index in [0.717, 1.165) is 12.8 Å². The van der Waals surface area contributed by atoms with Crippen molar-refractivity contribution in [1.29, 1.82) is 0 Å². The van der Waals surface area contributed by atoms with Crippen molar-refractivity contribution in [2.24, 2.45) is 5.73 Å². The summed E-state index contributed by atoms with van der Waals surface area (Å²) in [6.07, 6.45) is 1.56. The van der Waals surface area contributed by atoms with Gasteiger partial charge in [-0.05, 0) is 19.8 Å². The van der Waals surface area contributed by atoms with Crippen molar-refractivity contribution in [1.82, 2.24) is 4.90 Å². The SMILES string of the molecule is CC(N)C1CN(C(=O)[C@H]2CCCO2)CCO1. The second-order valence-electron chi connectivity index (χ2n) is 4.55. The third-order valence-electron chi connectivity index (χ3n) is 3.20. The van der Waals surface area contributed by atoms with Crippen molar-refractivity contribution < 1.29 is 14.3 Å². The van der Waals surface area contributed by atoms with Crippen LogP contribution in [0.3, 0.4) is 0 Å². The Hall–Kier alpha value is -0.650. The van der Waals surface area contributed by atoms with E-state index >= 15 is 0 Å². The van der Waals surface area contributed by atoms with Crippen molar-refractivity contribution in [2.45, 2.75) is 38.0 Å². The normalized spacial score (nSPS) is 32.8. The van der Waals surface area contributed by atoms with Crippen molar-refractivity contribution in [3.05, 3.63) is 0 Å². The summed E-state index contributed by atoms with van der Waals surface area (Å²) in [7, 11) is 0. The van der Waals surface area contributed by atoms with Crippen LogP contribution in [0.25, 0.3) is 0 Å². The van der Waals surface area contributed by atoms with E-state index in [0.29, 0.717) is 26.3 Å². The smallest absolute Gasteiger partial charge is 0.251 e. The summed E-state index contributed by atoms with van der Waals surface area (Å²) in [5.74, 6) is 0.103. The van der Waals surface area contributed by atoms with Gasteiger partial charge < -0.3 is 20.1 Å². The van der Waals surface area contributed by atoms with Crippen molar-refractivity contribution >= 4 is 5.91 Å². The minimum absolute atomic E-state index is 0.0416. The molecule has 0 aromatic carbocycles. The molecule has 0 bridgehead atoms. The van der Waals surface area contributed by atoms with Crippen LogP contribution < -0.4 is 5.73 Å². The zero-order valence-electron chi connectivity index (χ0n) is 9.72. The Labute approximate surface area is 95.9 Å². The van der Waals surface area contributed by atoms with Crippen molar-refractivity contribution in [3.63, 3.8) is 0 Å². The average molecular weight is 228 g/mol. The van der Waals surface area contributed by atoms with E-state index in [4.69, 9.17) is 15.2 Å². The lowest BCUT2D eigenvalue weighted by Gasteiger charge is -2.35. The van der Waals surface area contributed by atoms with E-state index in [1.165, 1.54) is 0 Å². The van der Waals surface area contributed by atoms with Crippen LogP contribution in [0, 0.1) is 0 Å². The van der Waals surface area contributed by atoms with Gasteiger partial charge >= 0.3 is 0 Å². The maximum Gasteiger partial charge on any atom is 0.251 e. The van der Waals surface area contributed by atoms with E-state index < -0.39 is 0 Å². The monoisotopic (exact) mass is 228 g/mol. The van der Waals surface area contributed by atoms with Gasteiger partial charge in [-0.25, -0.2) is 0 Å². The second kappa shape index (κ2) is 5.12. The summed E-state index contributed by atoms with van der Waals surface area (Å²) in [6, 6.07) is -0.0416. The molecule has 0 saturated carbocycles. The van der Waals surface area contributed by atoms with Gasteiger partial charge in [0.1, 0.15) is 6.10 Å². The molecule has 2 rings (SSSR count). The van der Waals surface area contributed by atoms with Crippen LogP contribution in [0.5, 0.6) is 0 Å². The first-order valence-electron chi connectivity index (χ1n) is 5.96. The van der Waals surface area contributed by atoms with Crippen molar-refractivity contribution in [2.75, 3.05) is 26.3 Å². The predicted molar refractivity (Wildman–Crippen MR) is 58.9 cm³/mol. The lowest BCUT2D eigenvalue weighted by atomic mass is 10.1. The van der Waals surface area contributed by atoms with Crippen LogP contribution >= 0.6 is 0 Å². The fourth-order valence-corrected chi connectivity index (χ4v) is 2.17. The highest BCUT2D eigenvalue weighted by atomic mass is 16.5. The highest BCUT2D eigenvalue weighted by molar-refractivity contribution is 5.81. The molecule has 5 nitrogen and oxygen atoms in total. The molecule has 0 aromatic rings. The van der Waals surface area contributed by atoms with Gasteiger partial charge in [0.25, 0.3) is 5.91 Å². The standard InChI is InChI=1S/C11H20N2O3/c1-8(12)10-7-13(4-6-16-10)11(14)9-3-2-5-15-9/h8-10H,2-7,12H2,1H3/t8?,9-,10?/m1/s1. The van der Waals surface area contributed by atoms with Gasteiger partial charge in [-0.1, -0.05) is 0 Å². The third-order valence-corrected chi connectivity index (χ3v) is 3.20. The molecule has 0 aromatic heterocycles.